The molecule has 8 aromatic rings. The number of nitrogen functional groups attached to an aromatic ring is 2. The van der Waals surface area contributed by atoms with Gasteiger partial charge in [0.05, 0.1) is 48.4 Å². The number of carbonyl (C=O) groups excluding carboxylic acids is 1. The number of carboxylic acid groups (broad SMARTS) is 1. The summed E-state index contributed by atoms with van der Waals surface area (Å²) in [6.45, 7) is 9.48. The normalized spacial score (nSPS) is 10.8. The van der Waals surface area contributed by atoms with Crippen molar-refractivity contribution in [2.45, 2.75) is 53.9 Å². The van der Waals surface area contributed by atoms with Gasteiger partial charge in [0.2, 0.25) is 11.8 Å². The summed E-state index contributed by atoms with van der Waals surface area (Å²) >= 11 is 12.0. The summed E-state index contributed by atoms with van der Waals surface area (Å²) in [6, 6.07) is 19.0. The van der Waals surface area contributed by atoms with Gasteiger partial charge in [-0.25, -0.2) is 14.8 Å². The summed E-state index contributed by atoms with van der Waals surface area (Å²) in [5.41, 5.74) is 26.7. The van der Waals surface area contributed by atoms with Crippen molar-refractivity contribution in [1.82, 2.24) is 44.8 Å². The number of methoxy groups -OCH3 is 2. The lowest BCUT2D eigenvalue weighted by Crippen LogP contribution is -2.24. The standard InChI is InChI=1S/C23H23ClN6O2.C15H12ClN3O3.C8H13N3/c1-13-6-21(25)28-14(2)18(13)10-27-22(31)19-12-30(29-23(19)32-3)11-15-4-5-20-16(7-15)8-17(24)9-26-20;1-22-14-12(15(20)21)8-19(18-14)7-9-2-3-13-10(4-9)5-11(16)6-17-13;1-5-3-8(10)11-6(2)7(5)4-9/h4-9,12H,10-11H2,1-3H3,(H2,25,28)(H,27,31);2-6,8H,7H2,1H3,(H,20,21);3H,4,9H2,1-2H3,(H2,10,11). The second-order valence-electron chi connectivity index (χ2n) is 14.9. The number of aryl methyl sites for hydroxylation is 4. The molecule has 8 N–H and O–H groups in total. The van der Waals surface area contributed by atoms with E-state index in [1.807, 2.05) is 82.3 Å². The van der Waals surface area contributed by atoms with Crippen LogP contribution in [0.2, 0.25) is 10.0 Å². The van der Waals surface area contributed by atoms with Crippen LogP contribution in [0.15, 0.2) is 85.5 Å². The van der Waals surface area contributed by atoms with Gasteiger partial charge in [-0.15, -0.1) is 10.2 Å². The number of fused-ring (bicyclic) bond motifs is 2. The maximum atomic E-state index is 12.9. The van der Waals surface area contributed by atoms with E-state index in [4.69, 9.17) is 55.0 Å². The van der Waals surface area contributed by atoms with Crippen LogP contribution in [0.5, 0.6) is 11.8 Å². The maximum absolute atomic E-state index is 12.9. The van der Waals surface area contributed by atoms with Crippen LogP contribution in [-0.2, 0) is 26.2 Å². The highest BCUT2D eigenvalue weighted by Crippen LogP contribution is 2.23. The third kappa shape index (κ3) is 11.8. The fraction of sp³-hybridized carbons (Fsp3) is 0.217. The molecule has 0 radical (unpaired) electrons. The zero-order valence-electron chi connectivity index (χ0n) is 36.6. The lowest BCUT2D eigenvalue weighted by Gasteiger charge is -2.11. The number of anilines is 2. The fourth-order valence-corrected chi connectivity index (χ4v) is 7.40. The Morgan fingerprint density at radius 1 is 0.692 bits per heavy atom. The number of aromatic carboxylic acids is 1. The third-order valence-corrected chi connectivity index (χ3v) is 10.6. The van der Waals surface area contributed by atoms with Crippen molar-refractivity contribution in [3.8, 4) is 11.8 Å². The van der Waals surface area contributed by atoms with Gasteiger partial charge in [0.25, 0.3) is 5.91 Å². The zero-order valence-corrected chi connectivity index (χ0v) is 38.1. The minimum absolute atomic E-state index is 0.0352. The van der Waals surface area contributed by atoms with Crippen LogP contribution in [0.25, 0.3) is 21.8 Å². The van der Waals surface area contributed by atoms with Gasteiger partial charge in [-0.2, -0.15) is 0 Å². The topological polar surface area (TPSA) is 250 Å². The van der Waals surface area contributed by atoms with Crippen LogP contribution < -0.4 is 32.0 Å². The monoisotopic (exact) mass is 918 g/mol. The number of amides is 1. The number of hydrogen-bond donors (Lipinski definition) is 5. The SMILES string of the molecule is COc1nn(Cc2ccc3ncc(Cl)cc3c2)cc1C(=O)NCc1c(C)cc(N)nc1C.COc1nn(Cc2ccc3ncc(Cl)cc3c2)cc1C(=O)O.Cc1cc(N)nc(C)c1CN. The van der Waals surface area contributed by atoms with Gasteiger partial charge in [0, 0.05) is 60.0 Å². The quantitative estimate of drug-likeness (QED) is 0.0858. The van der Waals surface area contributed by atoms with Gasteiger partial charge >= 0.3 is 5.97 Å². The van der Waals surface area contributed by atoms with Crippen LogP contribution in [0, 0.1) is 27.7 Å². The van der Waals surface area contributed by atoms with Crippen molar-refractivity contribution in [1.29, 1.82) is 0 Å². The molecule has 0 aliphatic carbocycles. The molecule has 0 unspecified atom stereocenters. The summed E-state index contributed by atoms with van der Waals surface area (Å²) in [4.78, 5) is 40.9. The summed E-state index contributed by atoms with van der Waals surface area (Å²) < 4.78 is 13.5. The number of nitrogens with one attached hydrogen (secondary N) is 1. The van der Waals surface area contributed by atoms with Gasteiger partial charge in [-0.3, -0.25) is 24.1 Å². The van der Waals surface area contributed by atoms with Crippen LogP contribution in [0.1, 0.15) is 65.5 Å². The summed E-state index contributed by atoms with van der Waals surface area (Å²) in [7, 11) is 2.88. The minimum atomic E-state index is -1.07. The fourth-order valence-electron chi connectivity index (χ4n) is 7.07. The Balaban J connectivity index is 0.000000182. The number of benzene rings is 2. The highest BCUT2D eigenvalue weighted by molar-refractivity contribution is 6.31. The lowest BCUT2D eigenvalue weighted by atomic mass is 10.1. The van der Waals surface area contributed by atoms with Crippen molar-refractivity contribution >= 4 is 68.5 Å². The molecule has 0 fully saturated rings. The van der Waals surface area contributed by atoms with E-state index in [0.717, 1.165) is 66.6 Å². The smallest absolute Gasteiger partial charge is 0.342 e. The number of rotatable bonds is 11. The number of nitrogens with two attached hydrogens (primary N) is 3. The first-order chi connectivity index (χ1) is 31.0. The minimum Gasteiger partial charge on any atom is -0.479 e. The highest BCUT2D eigenvalue weighted by Gasteiger charge is 2.19. The highest BCUT2D eigenvalue weighted by atomic mass is 35.5. The number of aromatic nitrogens is 8. The first kappa shape index (κ1) is 47.1. The van der Waals surface area contributed by atoms with E-state index in [9.17, 15) is 9.59 Å². The largest absolute Gasteiger partial charge is 0.479 e. The molecule has 2 aromatic carbocycles. The van der Waals surface area contributed by atoms with Crippen LogP contribution in [0.3, 0.4) is 0 Å². The predicted octanol–water partition coefficient (Wildman–Crippen LogP) is 7.24. The van der Waals surface area contributed by atoms with E-state index in [-0.39, 0.29) is 23.2 Å². The molecule has 6 aromatic heterocycles. The Kier molecular flexibility index (Phi) is 15.2. The molecule has 0 aliphatic heterocycles. The molecule has 0 atom stereocenters. The third-order valence-electron chi connectivity index (χ3n) is 10.2. The molecule has 17 nitrogen and oxygen atoms in total. The number of halogens is 2. The van der Waals surface area contributed by atoms with E-state index in [2.05, 4.69) is 35.5 Å². The summed E-state index contributed by atoms with van der Waals surface area (Å²) in [5, 5.41) is 23.5. The molecule has 0 bridgehead atoms. The molecule has 0 spiro atoms. The van der Waals surface area contributed by atoms with E-state index in [0.29, 0.717) is 53.4 Å². The Labute approximate surface area is 384 Å². The van der Waals surface area contributed by atoms with Crippen molar-refractivity contribution in [3.05, 3.63) is 151 Å². The van der Waals surface area contributed by atoms with Crippen LogP contribution in [0.4, 0.5) is 11.6 Å². The van der Waals surface area contributed by atoms with Crippen molar-refractivity contribution in [2.24, 2.45) is 5.73 Å². The number of carbonyl (C=O) groups is 2. The van der Waals surface area contributed by atoms with Gasteiger partial charge in [-0.1, -0.05) is 35.3 Å². The van der Waals surface area contributed by atoms with E-state index < -0.39 is 5.97 Å². The molecule has 0 aliphatic rings. The molecular weight excluding hydrogens is 871 g/mol. The van der Waals surface area contributed by atoms with Crippen molar-refractivity contribution in [3.63, 3.8) is 0 Å². The second kappa shape index (κ2) is 20.9. The van der Waals surface area contributed by atoms with Crippen molar-refractivity contribution in [2.75, 3.05) is 25.7 Å². The molecule has 65 heavy (non-hydrogen) atoms. The van der Waals surface area contributed by atoms with Gasteiger partial charge in [0.15, 0.2) is 0 Å². The molecule has 0 saturated heterocycles. The molecule has 1 amide bonds. The average molecular weight is 920 g/mol. The van der Waals surface area contributed by atoms with Crippen LogP contribution in [-0.4, -0.2) is 70.7 Å². The molecular formula is C46H48Cl2N12O5. The maximum Gasteiger partial charge on any atom is 0.342 e. The number of pyridine rings is 4. The first-order valence-electron chi connectivity index (χ1n) is 20.0. The predicted molar refractivity (Wildman–Crippen MR) is 252 cm³/mol. The number of ether oxygens (including phenoxy) is 2. The van der Waals surface area contributed by atoms with E-state index in [1.54, 1.807) is 29.3 Å². The average Bonchev–Trinajstić information content (AvgIpc) is 3.87. The molecule has 6 heterocycles. The Bertz CT molecular complexity index is 2980. The van der Waals surface area contributed by atoms with Gasteiger partial charge in [-0.05, 0) is 110 Å². The number of hydrogen-bond acceptors (Lipinski definition) is 13. The van der Waals surface area contributed by atoms with Crippen LogP contribution >= 0.6 is 23.2 Å². The van der Waals surface area contributed by atoms with E-state index >= 15 is 0 Å². The number of carboxylic acids is 1. The van der Waals surface area contributed by atoms with Gasteiger partial charge < -0.3 is 37.1 Å². The Morgan fingerprint density at radius 3 is 1.58 bits per heavy atom. The first-order valence-corrected chi connectivity index (χ1v) is 20.8. The zero-order chi connectivity index (χ0) is 46.9. The summed E-state index contributed by atoms with van der Waals surface area (Å²) in [5.74, 6) is 0.0349. The van der Waals surface area contributed by atoms with Gasteiger partial charge in [0.1, 0.15) is 22.8 Å². The molecule has 336 valence electrons. The van der Waals surface area contributed by atoms with Crippen molar-refractivity contribution < 1.29 is 24.2 Å². The Morgan fingerprint density at radius 2 is 1.15 bits per heavy atom. The Hall–Kier alpha value is -7.34. The second-order valence-corrected chi connectivity index (χ2v) is 15.8. The lowest BCUT2D eigenvalue weighted by molar-refractivity contribution is 0.0693. The molecule has 0 saturated carbocycles. The summed E-state index contributed by atoms with van der Waals surface area (Å²) in [6.07, 6.45) is 6.34. The molecule has 8 rings (SSSR count). The molecule has 19 heteroatoms. The van der Waals surface area contributed by atoms with E-state index in [1.165, 1.54) is 25.1 Å². The number of nitrogens with zero attached hydrogens (tertiary/aromatic N) is 8.